The molecule has 1 radical (unpaired) electrons. The van der Waals surface area contributed by atoms with Crippen molar-refractivity contribution in [2.45, 2.75) is 6.82 Å². The van der Waals surface area contributed by atoms with Crippen LogP contribution in [0, 0.1) is 10.1 Å². The third-order valence-corrected chi connectivity index (χ3v) is 2.64. The van der Waals surface area contributed by atoms with Crippen LogP contribution in [-0.4, -0.2) is 50.6 Å². The van der Waals surface area contributed by atoms with E-state index >= 15 is 0 Å². The van der Waals surface area contributed by atoms with Gasteiger partial charge in [-0.3, -0.25) is 10.1 Å². The van der Waals surface area contributed by atoms with E-state index in [0.29, 0.717) is 19.0 Å². The summed E-state index contributed by atoms with van der Waals surface area (Å²) in [5.41, 5.74) is 0.0657. The average Bonchev–Trinajstić information content (AvgIpc) is 2.43. The van der Waals surface area contributed by atoms with Gasteiger partial charge >= 0.3 is 0 Å². The van der Waals surface area contributed by atoms with Gasteiger partial charge in [-0.2, -0.15) is 0 Å². The number of hydrogen-bond donors (Lipinski definition) is 0. The van der Waals surface area contributed by atoms with Crippen LogP contribution in [0.25, 0.3) is 0 Å². The van der Waals surface area contributed by atoms with E-state index in [0.717, 1.165) is 13.1 Å². The highest BCUT2D eigenvalue weighted by Crippen LogP contribution is 2.17. The van der Waals surface area contributed by atoms with E-state index in [9.17, 15) is 10.1 Å². The average molecular weight is 265 g/mol. The molecule has 0 aromatic heterocycles. The van der Waals surface area contributed by atoms with Crippen LogP contribution in [0.3, 0.4) is 0 Å². The molecule has 103 valence electrons. The molecule has 0 saturated carbocycles. The highest BCUT2D eigenvalue weighted by Gasteiger charge is 2.05. The summed E-state index contributed by atoms with van der Waals surface area (Å²) in [4.78, 5) is 12.2. The lowest BCUT2D eigenvalue weighted by Gasteiger charge is -2.19. The summed E-state index contributed by atoms with van der Waals surface area (Å²) in [6.07, 6.45) is 0. The van der Waals surface area contributed by atoms with E-state index < -0.39 is 4.92 Å². The van der Waals surface area contributed by atoms with Crippen molar-refractivity contribution in [1.29, 1.82) is 0 Å². The molecule has 0 fully saturated rings. The highest BCUT2D eigenvalue weighted by molar-refractivity contribution is 6.29. The number of nitro benzene ring substituents is 1. The zero-order valence-corrected chi connectivity index (χ0v) is 11.2. The van der Waals surface area contributed by atoms with Crippen LogP contribution >= 0.6 is 0 Å². The van der Waals surface area contributed by atoms with Crippen molar-refractivity contribution >= 4 is 13.1 Å². The zero-order valence-electron chi connectivity index (χ0n) is 11.2. The van der Waals surface area contributed by atoms with Gasteiger partial charge in [0.05, 0.1) is 18.1 Å². The van der Waals surface area contributed by atoms with Gasteiger partial charge in [0.2, 0.25) is 7.41 Å². The Balaban J connectivity index is 2.33. The first-order chi connectivity index (χ1) is 9.17. The van der Waals surface area contributed by atoms with Gasteiger partial charge in [-0.25, -0.2) is 0 Å². The molecular formula is C12H18BN2O4. The maximum absolute atomic E-state index is 10.5. The lowest BCUT2D eigenvalue weighted by Crippen LogP contribution is -2.33. The number of methoxy groups -OCH3 is 1. The minimum Gasteiger partial charge on any atom is -0.492 e. The Hall–Kier alpha value is -1.60. The highest BCUT2D eigenvalue weighted by atomic mass is 16.6. The molecule has 0 spiro atoms. The molecule has 0 amide bonds. The van der Waals surface area contributed by atoms with Gasteiger partial charge in [0.25, 0.3) is 5.69 Å². The second-order valence-corrected chi connectivity index (χ2v) is 3.89. The molecule has 1 aromatic carbocycles. The predicted molar refractivity (Wildman–Crippen MR) is 73.7 cm³/mol. The third kappa shape index (κ3) is 5.72. The van der Waals surface area contributed by atoms with Crippen LogP contribution in [0.2, 0.25) is 6.82 Å². The van der Waals surface area contributed by atoms with E-state index in [1.165, 1.54) is 12.1 Å². The first-order valence-electron chi connectivity index (χ1n) is 6.07. The topological polar surface area (TPSA) is 64.8 Å². The maximum atomic E-state index is 10.5. The van der Waals surface area contributed by atoms with Crippen LogP contribution in [0.1, 0.15) is 0 Å². The molecule has 6 nitrogen and oxygen atoms in total. The molecule has 0 atom stereocenters. The number of non-ortho nitro benzene ring substituents is 1. The lowest BCUT2D eigenvalue weighted by atomic mass is 9.96. The Morgan fingerprint density at radius 2 is 1.89 bits per heavy atom. The number of nitrogens with zero attached hydrogens (tertiary/aromatic N) is 2. The van der Waals surface area contributed by atoms with Gasteiger partial charge in [-0.15, -0.1) is 0 Å². The van der Waals surface area contributed by atoms with Gasteiger partial charge in [0.15, 0.2) is 0 Å². The summed E-state index contributed by atoms with van der Waals surface area (Å²) >= 11 is 0. The Kier molecular flexibility index (Phi) is 6.91. The summed E-state index contributed by atoms with van der Waals surface area (Å²) in [5.74, 6) is 0.633. The molecule has 19 heavy (non-hydrogen) atoms. The first kappa shape index (κ1) is 15.5. The van der Waals surface area contributed by atoms with E-state index in [1.807, 2.05) is 14.2 Å². The molecule has 0 aliphatic carbocycles. The van der Waals surface area contributed by atoms with Crippen LogP contribution < -0.4 is 4.74 Å². The van der Waals surface area contributed by atoms with Crippen molar-refractivity contribution in [1.82, 2.24) is 4.81 Å². The number of benzene rings is 1. The Morgan fingerprint density at radius 3 is 2.42 bits per heavy atom. The third-order valence-electron chi connectivity index (χ3n) is 2.64. The SMILES string of the molecule is C[B]N(CCOC)CCOc1ccc([N+](=O)[O-])cc1. The van der Waals surface area contributed by atoms with Crippen molar-refractivity contribution in [3.8, 4) is 5.75 Å². The fourth-order valence-corrected chi connectivity index (χ4v) is 1.52. The minimum absolute atomic E-state index is 0.0657. The van der Waals surface area contributed by atoms with Crippen LogP contribution in [0.4, 0.5) is 5.69 Å². The Labute approximate surface area is 113 Å². The fraction of sp³-hybridized carbons (Fsp3) is 0.500. The van der Waals surface area contributed by atoms with Crippen molar-refractivity contribution in [2.75, 3.05) is 33.4 Å². The number of nitro groups is 1. The quantitative estimate of drug-likeness (QED) is 0.385. The van der Waals surface area contributed by atoms with Crippen LogP contribution in [0.15, 0.2) is 24.3 Å². The molecule has 1 rings (SSSR count). The Morgan fingerprint density at radius 1 is 1.26 bits per heavy atom. The smallest absolute Gasteiger partial charge is 0.269 e. The van der Waals surface area contributed by atoms with Gasteiger partial charge in [-0.05, 0) is 12.1 Å². The number of rotatable bonds is 9. The van der Waals surface area contributed by atoms with Gasteiger partial charge in [-0.1, -0.05) is 6.82 Å². The standard InChI is InChI=1S/C12H18BN2O4/c1-13-14(7-9-18-2)8-10-19-12-5-3-11(4-6-12)15(16)17/h3-6H,7-10H2,1-2H3. The number of ether oxygens (including phenoxy) is 2. The van der Waals surface area contributed by atoms with E-state index in [1.54, 1.807) is 19.2 Å². The van der Waals surface area contributed by atoms with Gasteiger partial charge in [0, 0.05) is 32.3 Å². The van der Waals surface area contributed by atoms with E-state index in [4.69, 9.17) is 9.47 Å². The molecule has 0 heterocycles. The van der Waals surface area contributed by atoms with Crippen LogP contribution in [-0.2, 0) is 4.74 Å². The monoisotopic (exact) mass is 265 g/mol. The largest absolute Gasteiger partial charge is 0.492 e. The molecular weight excluding hydrogens is 247 g/mol. The van der Waals surface area contributed by atoms with Crippen molar-refractivity contribution in [3.63, 3.8) is 0 Å². The summed E-state index contributed by atoms with van der Waals surface area (Å²) in [5, 5.41) is 10.5. The second-order valence-electron chi connectivity index (χ2n) is 3.89. The maximum Gasteiger partial charge on any atom is 0.269 e. The Bertz CT molecular complexity index is 386. The van der Waals surface area contributed by atoms with E-state index in [2.05, 4.69) is 4.81 Å². The molecule has 7 heteroatoms. The molecule has 0 bridgehead atoms. The van der Waals surface area contributed by atoms with Gasteiger partial charge in [0.1, 0.15) is 5.75 Å². The normalized spacial score (nSPS) is 10.5. The summed E-state index contributed by atoms with van der Waals surface area (Å²) in [6.45, 7) is 4.71. The molecule has 0 saturated heterocycles. The molecule has 0 aliphatic heterocycles. The second kappa shape index (κ2) is 8.50. The molecule has 1 aromatic rings. The van der Waals surface area contributed by atoms with Crippen molar-refractivity contribution in [3.05, 3.63) is 34.4 Å². The first-order valence-corrected chi connectivity index (χ1v) is 6.07. The summed E-state index contributed by atoms with van der Waals surface area (Å²) in [7, 11) is 3.65. The summed E-state index contributed by atoms with van der Waals surface area (Å²) in [6, 6.07) is 6.08. The molecule has 0 unspecified atom stereocenters. The molecule has 0 N–H and O–H groups in total. The lowest BCUT2D eigenvalue weighted by molar-refractivity contribution is -0.384. The minimum atomic E-state index is -0.428. The van der Waals surface area contributed by atoms with Crippen LogP contribution in [0.5, 0.6) is 5.75 Å². The zero-order chi connectivity index (χ0) is 14.1. The number of hydrogen-bond acceptors (Lipinski definition) is 5. The van der Waals surface area contributed by atoms with Crippen molar-refractivity contribution in [2.24, 2.45) is 0 Å². The predicted octanol–water partition coefficient (Wildman–Crippen LogP) is 1.59. The van der Waals surface area contributed by atoms with Crippen molar-refractivity contribution < 1.29 is 14.4 Å². The fourth-order valence-electron chi connectivity index (χ4n) is 1.52. The molecule has 0 aliphatic rings. The van der Waals surface area contributed by atoms with Gasteiger partial charge < -0.3 is 14.3 Å². The summed E-state index contributed by atoms with van der Waals surface area (Å²) < 4.78 is 10.5. The van der Waals surface area contributed by atoms with E-state index in [-0.39, 0.29) is 5.69 Å².